The molecule has 2 atom stereocenters. The van der Waals surface area contributed by atoms with E-state index in [9.17, 15) is 8.42 Å². The maximum Gasteiger partial charge on any atom is 0.178 e. The molecule has 0 aliphatic heterocycles. The van der Waals surface area contributed by atoms with Crippen LogP contribution in [0.2, 0.25) is 0 Å². The lowest BCUT2D eigenvalue weighted by Crippen LogP contribution is -2.12. The van der Waals surface area contributed by atoms with Gasteiger partial charge in [0.1, 0.15) is 0 Å². The van der Waals surface area contributed by atoms with Gasteiger partial charge in [-0.2, -0.15) is 0 Å². The minimum atomic E-state index is -3.10. The van der Waals surface area contributed by atoms with Crippen molar-refractivity contribution in [3.63, 3.8) is 0 Å². The maximum atomic E-state index is 11.7. The SMILES string of the molecule is CCS(=O)(=O)c1ccc(NCC2CCC(Cl)C2)cc1. The van der Waals surface area contributed by atoms with Crippen LogP contribution in [-0.4, -0.2) is 26.1 Å². The van der Waals surface area contributed by atoms with E-state index in [1.54, 1.807) is 19.1 Å². The first kappa shape index (κ1) is 14.7. The van der Waals surface area contributed by atoms with E-state index in [1.807, 2.05) is 12.1 Å². The lowest BCUT2D eigenvalue weighted by molar-refractivity contribution is 0.580. The van der Waals surface area contributed by atoms with Crippen molar-refractivity contribution in [2.75, 3.05) is 17.6 Å². The smallest absolute Gasteiger partial charge is 0.178 e. The molecule has 1 aliphatic rings. The molecule has 0 spiro atoms. The Morgan fingerprint density at radius 3 is 2.47 bits per heavy atom. The van der Waals surface area contributed by atoms with Crippen LogP contribution in [0.15, 0.2) is 29.2 Å². The van der Waals surface area contributed by atoms with Crippen LogP contribution in [-0.2, 0) is 9.84 Å². The Kier molecular flexibility index (Phi) is 4.74. The maximum absolute atomic E-state index is 11.7. The van der Waals surface area contributed by atoms with Gasteiger partial charge in [-0.1, -0.05) is 6.92 Å². The van der Waals surface area contributed by atoms with Gasteiger partial charge in [-0.15, -0.1) is 11.6 Å². The van der Waals surface area contributed by atoms with Crippen molar-refractivity contribution in [1.29, 1.82) is 0 Å². The molecule has 3 nitrogen and oxygen atoms in total. The number of benzene rings is 1. The molecule has 19 heavy (non-hydrogen) atoms. The predicted molar refractivity (Wildman–Crippen MR) is 79.6 cm³/mol. The van der Waals surface area contributed by atoms with Gasteiger partial charge in [0.05, 0.1) is 10.6 Å². The topological polar surface area (TPSA) is 46.2 Å². The number of rotatable bonds is 5. The van der Waals surface area contributed by atoms with Crippen LogP contribution in [0.5, 0.6) is 0 Å². The monoisotopic (exact) mass is 301 g/mol. The average Bonchev–Trinajstić information content (AvgIpc) is 2.83. The van der Waals surface area contributed by atoms with E-state index in [4.69, 9.17) is 11.6 Å². The molecule has 1 aromatic rings. The van der Waals surface area contributed by atoms with E-state index in [0.29, 0.717) is 16.2 Å². The standard InChI is InChI=1S/C14H20ClNO2S/c1-2-19(17,18)14-7-5-13(6-8-14)16-10-11-3-4-12(15)9-11/h5-8,11-12,16H,2-4,9-10H2,1H3. The van der Waals surface area contributed by atoms with Gasteiger partial charge in [0.15, 0.2) is 9.84 Å². The Hall–Kier alpha value is -0.740. The second kappa shape index (κ2) is 6.14. The summed E-state index contributed by atoms with van der Waals surface area (Å²) in [6.07, 6.45) is 3.34. The van der Waals surface area contributed by atoms with E-state index < -0.39 is 9.84 Å². The fourth-order valence-corrected chi connectivity index (χ4v) is 3.67. The van der Waals surface area contributed by atoms with Crippen molar-refractivity contribution in [2.45, 2.75) is 36.5 Å². The zero-order chi connectivity index (χ0) is 13.9. The molecule has 1 aliphatic carbocycles. The molecular weight excluding hydrogens is 282 g/mol. The van der Waals surface area contributed by atoms with Crippen LogP contribution in [0.3, 0.4) is 0 Å². The highest BCUT2D eigenvalue weighted by Gasteiger charge is 2.22. The Bertz CT molecular complexity index is 513. The molecule has 0 radical (unpaired) electrons. The second-order valence-corrected chi connectivity index (χ2v) is 7.98. The molecule has 1 saturated carbocycles. The highest BCUT2D eigenvalue weighted by Crippen LogP contribution is 2.29. The largest absolute Gasteiger partial charge is 0.385 e. The van der Waals surface area contributed by atoms with Crippen LogP contribution in [0, 0.1) is 5.92 Å². The highest BCUT2D eigenvalue weighted by atomic mass is 35.5. The van der Waals surface area contributed by atoms with E-state index in [1.165, 1.54) is 6.42 Å². The molecule has 0 saturated heterocycles. The minimum Gasteiger partial charge on any atom is -0.385 e. The van der Waals surface area contributed by atoms with Crippen LogP contribution < -0.4 is 5.32 Å². The van der Waals surface area contributed by atoms with Crippen molar-refractivity contribution in [3.8, 4) is 0 Å². The van der Waals surface area contributed by atoms with Crippen molar-refractivity contribution in [3.05, 3.63) is 24.3 Å². The molecule has 0 heterocycles. The second-order valence-electron chi connectivity index (χ2n) is 5.09. The molecule has 106 valence electrons. The van der Waals surface area contributed by atoms with Crippen molar-refractivity contribution in [2.24, 2.45) is 5.92 Å². The molecule has 0 aromatic heterocycles. The van der Waals surface area contributed by atoms with Gasteiger partial charge < -0.3 is 5.32 Å². The Labute approximate surface area is 120 Å². The summed E-state index contributed by atoms with van der Waals surface area (Å²) in [5.74, 6) is 0.764. The summed E-state index contributed by atoms with van der Waals surface area (Å²) in [5.41, 5.74) is 0.966. The summed E-state index contributed by atoms with van der Waals surface area (Å²) in [6.45, 7) is 2.56. The predicted octanol–water partition coefficient (Wildman–Crippen LogP) is 3.30. The van der Waals surface area contributed by atoms with E-state index in [-0.39, 0.29) is 5.75 Å². The zero-order valence-corrected chi connectivity index (χ0v) is 12.7. The van der Waals surface area contributed by atoms with Crippen LogP contribution >= 0.6 is 11.6 Å². The molecule has 0 bridgehead atoms. The van der Waals surface area contributed by atoms with Crippen LogP contribution in [0.1, 0.15) is 26.2 Å². The van der Waals surface area contributed by atoms with Gasteiger partial charge in [-0.25, -0.2) is 8.42 Å². The fraction of sp³-hybridized carbons (Fsp3) is 0.571. The van der Waals surface area contributed by atoms with E-state index in [0.717, 1.165) is 25.1 Å². The molecule has 1 aromatic carbocycles. The molecule has 5 heteroatoms. The molecular formula is C14H20ClNO2S. The van der Waals surface area contributed by atoms with Gasteiger partial charge in [0.25, 0.3) is 0 Å². The van der Waals surface area contributed by atoms with Gasteiger partial charge in [-0.05, 0) is 49.4 Å². The highest BCUT2D eigenvalue weighted by molar-refractivity contribution is 7.91. The van der Waals surface area contributed by atoms with E-state index >= 15 is 0 Å². The average molecular weight is 302 g/mol. The molecule has 2 unspecified atom stereocenters. The van der Waals surface area contributed by atoms with Gasteiger partial charge in [0, 0.05) is 17.6 Å². The first-order chi connectivity index (χ1) is 9.01. The van der Waals surface area contributed by atoms with Gasteiger partial charge in [-0.3, -0.25) is 0 Å². The van der Waals surface area contributed by atoms with Gasteiger partial charge in [0.2, 0.25) is 0 Å². The Morgan fingerprint density at radius 1 is 1.26 bits per heavy atom. The van der Waals surface area contributed by atoms with E-state index in [2.05, 4.69) is 5.32 Å². The third-order valence-corrected chi connectivity index (χ3v) is 5.81. The minimum absolute atomic E-state index is 0.138. The third kappa shape index (κ3) is 3.86. The molecule has 1 fully saturated rings. The normalized spacial score (nSPS) is 23.5. The summed E-state index contributed by atoms with van der Waals surface area (Å²) >= 11 is 6.08. The summed E-state index contributed by atoms with van der Waals surface area (Å²) in [6, 6.07) is 6.99. The van der Waals surface area contributed by atoms with Crippen molar-refractivity contribution < 1.29 is 8.42 Å². The summed E-state index contributed by atoms with van der Waals surface area (Å²) < 4.78 is 23.4. The summed E-state index contributed by atoms with van der Waals surface area (Å²) in [7, 11) is -3.10. The first-order valence-corrected chi connectivity index (χ1v) is 8.81. The number of anilines is 1. The third-order valence-electron chi connectivity index (χ3n) is 3.67. The quantitative estimate of drug-likeness (QED) is 0.849. The number of sulfone groups is 1. The first-order valence-electron chi connectivity index (χ1n) is 6.72. The Morgan fingerprint density at radius 2 is 1.95 bits per heavy atom. The summed E-state index contributed by atoms with van der Waals surface area (Å²) in [4.78, 5) is 0.391. The van der Waals surface area contributed by atoms with Crippen LogP contribution in [0.4, 0.5) is 5.69 Å². The number of alkyl halides is 1. The fourth-order valence-electron chi connectivity index (χ4n) is 2.41. The Balaban J connectivity index is 1.92. The van der Waals surface area contributed by atoms with Gasteiger partial charge >= 0.3 is 0 Å². The number of hydrogen-bond acceptors (Lipinski definition) is 3. The van der Waals surface area contributed by atoms with Crippen molar-refractivity contribution >= 4 is 27.1 Å². The molecule has 2 rings (SSSR count). The molecule has 0 amide bonds. The lowest BCUT2D eigenvalue weighted by Gasteiger charge is -2.12. The van der Waals surface area contributed by atoms with Crippen LogP contribution in [0.25, 0.3) is 0 Å². The molecule has 1 N–H and O–H groups in total. The number of hydrogen-bond donors (Lipinski definition) is 1. The lowest BCUT2D eigenvalue weighted by atomic mass is 10.1. The number of halogens is 1. The zero-order valence-electron chi connectivity index (χ0n) is 11.1. The summed E-state index contributed by atoms with van der Waals surface area (Å²) in [5, 5.41) is 3.67. The van der Waals surface area contributed by atoms with Crippen molar-refractivity contribution in [1.82, 2.24) is 0 Å². The number of nitrogens with one attached hydrogen (secondary N) is 1.